The van der Waals surface area contributed by atoms with E-state index in [0.29, 0.717) is 12.3 Å². The Bertz CT molecular complexity index is 655. The number of hydrogen-bond acceptors (Lipinski definition) is 5. The van der Waals surface area contributed by atoms with Gasteiger partial charge in [-0.05, 0) is 38.0 Å². The number of carbonyl (C=O) groups is 1. The summed E-state index contributed by atoms with van der Waals surface area (Å²) in [5.74, 6) is -1.17. The molecule has 3 N–H and O–H groups in total. The van der Waals surface area contributed by atoms with Crippen LogP contribution in [0.3, 0.4) is 0 Å². The average molecular weight is 328 g/mol. The summed E-state index contributed by atoms with van der Waals surface area (Å²) in [4.78, 5) is 11.0. The third kappa shape index (κ3) is 4.19. The van der Waals surface area contributed by atoms with Crippen molar-refractivity contribution >= 4 is 21.7 Å². The molecule has 0 radical (unpaired) electrons. The molecule has 0 heterocycles. The van der Waals surface area contributed by atoms with Gasteiger partial charge in [0.05, 0.1) is 17.9 Å². The number of aromatic carboxylic acids is 1. The normalized spacial score (nSPS) is 16.3. The van der Waals surface area contributed by atoms with Gasteiger partial charge in [-0.1, -0.05) is 0 Å². The van der Waals surface area contributed by atoms with E-state index in [1.807, 2.05) is 6.92 Å². The Labute approximate surface area is 129 Å². The average Bonchev–Trinajstić information content (AvgIpc) is 3.22. The molecule has 0 spiro atoms. The first-order valence-electron chi connectivity index (χ1n) is 6.98. The molecule has 1 saturated carbocycles. The molecule has 2 rings (SSSR count). The molecular formula is C14H20N2O5S. The molecule has 1 aliphatic rings. The number of rotatable bonds is 8. The number of sulfonamides is 1. The van der Waals surface area contributed by atoms with E-state index in [-0.39, 0.29) is 22.5 Å². The maximum absolute atomic E-state index is 12.4. The van der Waals surface area contributed by atoms with Crippen molar-refractivity contribution in [1.29, 1.82) is 0 Å². The Morgan fingerprint density at radius 1 is 1.45 bits per heavy atom. The van der Waals surface area contributed by atoms with E-state index in [0.717, 1.165) is 12.8 Å². The van der Waals surface area contributed by atoms with Crippen LogP contribution in [0.5, 0.6) is 0 Å². The van der Waals surface area contributed by atoms with Crippen molar-refractivity contribution in [3.05, 3.63) is 23.8 Å². The predicted octanol–water partition coefficient (Wildman–Crippen LogP) is 1.27. The van der Waals surface area contributed by atoms with Gasteiger partial charge in [0.15, 0.2) is 0 Å². The zero-order valence-corrected chi connectivity index (χ0v) is 13.3. The number of carboxylic acids is 1. The fourth-order valence-corrected chi connectivity index (χ4v) is 3.54. The van der Waals surface area contributed by atoms with E-state index in [4.69, 9.17) is 9.84 Å². The van der Waals surface area contributed by atoms with E-state index in [1.165, 1.54) is 18.2 Å². The van der Waals surface area contributed by atoms with Crippen molar-refractivity contribution in [1.82, 2.24) is 4.72 Å². The summed E-state index contributed by atoms with van der Waals surface area (Å²) in [5.41, 5.74) is 0.295. The Balaban J connectivity index is 2.37. The van der Waals surface area contributed by atoms with Crippen molar-refractivity contribution in [3.63, 3.8) is 0 Å². The number of methoxy groups -OCH3 is 1. The number of hydrogen-bond donors (Lipinski definition) is 3. The lowest BCUT2D eigenvalue weighted by molar-refractivity contribution is 0.0696. The maximum atomic E-state index is 12.4. The lowest BCUT2D eigenvalue weighted by atomic mass is 10.2. The third-order valence-corrected chi connectivity index (χ3v) is 4.80. The van der Waals surface area contributed by atoms with Crippen molar-refractivity contribution < 1.29 is 23.1 Å². The zero-order chi connectivity index (χ0) is 16.3. The monoisotopic (exact) mass is 328 g/mol. The number of anilines is 1. The van der Waals surface area contributed by atoms with Crippen LogP contribution >= 0.6 is 0 Å². The van der Waals surface area contributed by atoms with E-state index in [2.05, 4.69) is 10.0 Å². The summed E-state index contributed by atoms with van der Waals surface area (Å²) in [6, 6.07) is 3.85. The molecule has 1 atom stereocenters. The Morgan fingerprint density at radius 2 is 2.14 bits per heavy atom. The second-order valence-corrected chi connectivity index (χ2v) is 7.09. The van der Waals surface area contributed by atoms with Gasteiger partial charge in [0.25, 0.3) is 0 Å². The van der Waals surface area contributed by atoms with Crippen LogP contribution in [-0.4, -0.2) is 45.3 Å². The molecule has 0 saturated heterocycles. The van der Waals surface area contributed by atoms with Crippen molar-refractivity contribution in [2.45, 2.75) is 36.7 Å². The molecule has 0 bridgehead atoms. The second-order valence-electron chi connectivity index (χ2n) is 5.41. The summed E-state index contributed by atoms with van der Waals surface area (Å²) >= 11 is 0. The highest BCUT2D eigenvalue weighted by Gasteiger charge is 2.30. The van der Waals surface area contributed by atoms with Gasteiger partial charge in [-0.3, -0.25) is 0 Å². The fraction of sp³-hybridized carbons (Fsp3) is 0.500. The van der Waals surface area contributed by atoms with Gasteiger partial charge in [-0.15, -0.1) is 0 Å². The lowest BCUT2D eigenvalue weighted by Crippen LogP contribution is -2.28. The Morgan fingerprint density at radius 3 is 2.68 bits per heavy atom. The highest BCUT2D eigenvalue weighted by molar-refractivity contribution is 7.89. The first kappa shape index (κ1) is 16.7. The molecule has 1 unspecified atom stereocenters. The van der Waals surface area contributed by atoms with Gasteiger partial charge < -0.3 is 15.2 Å². The summed E-state index contributed by atoms with van der Waals surface area (Å²) in [5, 5.41) is 12.1. The highest BCUT2D eigenvalue weighted by atomic mass is 32.2. The number of nitrogens with one attached hydrogen (secondary N) is 2. The van der Waals surface area contributed by atoms with E-state index in [1.54, 1.807) is 7.11 Å². The van der Waals surface area contributed by atoms with Crippen LogP contribution in [0.4, 0.5) is 5.69 Å². The molecule has 1 fully saturated rings. The highest BCUT2D eigenvalue weighted by Crippen LogP contribution is 2.27. The molecule has 0 aliphatic heterocycles. The van der Waals surface area contributed by atoms with Crippen LogP contribution in [0.25, 0.3) is 0 Å². The molecule has 0 amide bonds. The summed E-state index contributed by atoms with van der Waals surface area (Å²) < 4.78 is 32.5. The van der Waals surface area contributed by atoms with E-state index >= 15 is 0 Å². The number of ether oxygens (including phenoxy) is 1. The molecule has 1 aromatic carbocycles. The van der Waals surface area contributed by atoms with Crippen LogP contribution in [0.2, 0.25) is 0 Å². The van der Waals surface area contributed by atoms with E-state index < -0.39 is 16.0 Å². The third-order valence-electron chi connectivity index (χ3n) is 3.24. The molecule has 1 aromatic rings. The molecule has 1 aliphatic carbocycles. The SMILES string of the molecule is COCC(C)Nc1ccc(C(=O)O)cc1S(=O)(=O)NC1CC1. The molecule has 122 valence electrons. The number of benzene rings is 1. The quantitative estimate of drug-likeness (QED) is 0.664. The van der Waals surface area contributed by atoms with Crippen molar-refractivity contribution in [3.8, 4) is 0 Å². The van der Waals surface area contributed by atoms with Gasteiger partial charge in [0.1, 0.15) is 4.90 Å². The lowest BCUT2D eigenvalue weighted by Gasteiger charge is -2.18. The molecular weight excluding hydrogens is 308 g/mol. The molecule has 7 nitrogen and oxygen atoms in total. The summed E-state index contributed by atoms with van der Waals surface area (Å²) in [7, 11) is -2.21. The van der Waals surface area contributed by atoms with Crippen molar-refractivity contribution in [2.24, 2.45) is 0 Å². The van der Waals surface area contributed by atoms with Crippen LogP contribution in [0, 0.1) is 0 Å². The van der Waals surface area contributed by atoms with Gasteiger partial charge in [0.2, 0.25) is 10.0 Å². The topological polar surface area (TPSA) is 105 Å². The van der Waals surface area contributed by atoms with Crippen molar-refractivity contribution in [2.75, 3.05) is 19.0 Å². The minimum absolute atomic E-state index is 0.0530. The van der Waals surface area contributed by atoms with Crippen LogP contribution in [-0.2, 0) is 14.8 Å². The predicted molar refractivity (Wildman–Crippen MR) is 81.7 cm³/mol. The van der Waals surface area contributed by atoms with E-state index in [9.17, 15) is 13.2 Å². The zero-order valence-electron chi connectivity index (χ0n) is 12.5. The first-order chi connectivity index (χ1) is 10.3. The van der Waals surface area contributed by atoms with Crippen LogP contribution in [0.15, 0.2) is 23.1 Å². The van der Waals surface area contributed by atoms with Crippen LogP contribution in [0.1, 0.15) is 30.1 Å². The summed E-state index contributed by atoms with van der Waals surface area (Å²) in [6.07, 6.45) is 1.61. The largest absolute Gasteiger partial charge is 0.478 e. The molecule has 22 heavy (non-hydrogen) atoms. The second kappa shape index (κ2) is 6.64. The van der Waals surface area contributed by atoms with Gasteiger partial charge in [0, 0.05) is 19.2 Å². The Kier molecular flexibility index (Phi) is 5.05. The fourth-order valence-electron chi connectivity index (χ4n) is 2.04. The summed E-state index contributed by atoms with van der Waals surface area (Å²) in [6.45, 7) is 2.25. The minimum atomic E-state index is -3.76. The van der Waals surface area contributed by atoms with Gasteiger partial charge in [-0.2, -0.15) is 0 Å². The molecule has 8 heteroatoms. The minimum Gasteiger partial charge on any atom is -0.478 e. The van der Waals surface area contributed by atoms with Gasteiger partial charge in [-0.25, -0.2) is 17.9 Å². The van der Waals surface area contributed by atoms with Gasteiger partial charge >= 0.3 is 5.97 Å². The first-order valence-corrected chi connectivity index (χ1v) is 8.47. The number of carboxylic acid groups (broad SMARTS) is 1. The standard InChI is InChI=1S/C14H20N2O5S/c1-9(8-21-2)15-12-6-3-10(14(17)18)7-13(12)22(19,20)16-11-4-5-11/h3,6-7,9,11,15-16H,4-5,8H2,1-2H3,(H,17,18). The van der Waals surface area contributed by atoms with Crippen LogP contribution < -0.4 is 10.0 Å². The smallest absolute Gasteiger partial charge is 0.335 e. The molecule has 0 aromatic heterocycles. The Hall–Kier alpha value is -1.64. The maximum Gasteiger partial charge on any atom is 0.335 e.